The lowest BCUT2D eigenvalue weighted by molar-refractivity contribution is 0.574. The average molecular weight is 310 g/mol. The van der Waals surface area contributed by atoms with Gasteiger partial charge in [0.25, 0.3) is 0 Å². The number of alkyl halides is 1. The molecule has 5 nitrogen and oxygen atoms in total. The van der Waals surface area contributed by atoms with Gasteiger partial charge in [-0.05, 0) is 12.8 Å². The van der Waals surface area contributed by atoms with Gasteiger partial charge >= 0.3 is 0 Å². The molecule has 1 rings (SSSR count). The van der Waals surface area contributed by atoms with E-state index in [2.05, 4.69) is 30.8 Å². The van der Waals surface area contributed by atoms with Gasteiger partial charge in [-0.3, -0.25) is 5.10 Å². The molecular formula is C9H16BrN3O2S. The predicted molar refractivity (Wildman–Crippen MR) is 66.0 cm³/mol. The van der Waals surface area contributed by atoms with E-state index in [4.69, 9.17) is 0 Å². The Balaban J connectivity index is 2.22. The highest BCUT2D eigenvalue weighted by Gasteiger charge is 2.13. The monoisotopic (exact) mass is 309 g/mol. The summed E-state index contributed by atoms with van der Waals surface area (Å²) in [7, 11) is -3.36. The minimum absolute atomic E-state index is 0.188. The van der Waals surface area contributed by atoms with Gasteiger partial charge in [-0.15, -0.1) is 0 Å². The summed E-state index contributed by atoms with van der Waals surface area (Å²) in [5.74, 6) is 0. The van der Waals surface area contributed by atoms with Crippen LogP contribution in [0.5, 0.6) is 0 Å². The Kier molecular flexibility index (Phi) is 6.00. The van der Waals surface area contributed by atoms with E-state index in [0.717, 1.165) is 31.0 Å². The molecule has 0 amide bonds. The number of rotatable bonds is 8. The highest BCUT2D eigenvalue weighted by atomic mass is 79.9. The Labute approximate surface area is 104 Å². The second-order valence-corrected chi connectivity index (χ2v) is 5.99. The number of unbranched alkanes of at least 4 members (excludes halogenated alkanes) is 3. The molecule has 7 heteroatoms. The zero-order valence-electron chi connectivity index (χ0n) is 8.95. The largest absolute Gasteiger partial charge is 0.284 e. The van der Waals surface area contributed by atoms with Crippen LogP contribution in [0.25, 0.3) is 0 Å². The fraction of sp³-hybridized carbons (Fsp3) is 0.667. The molecule has 0 bridgehead atoms. The Morgan fingerprint density at radius 3 is 2.69 bits per heavy atom. The van der Waals surface area contributed by atoms with Crippen LogP contribution < -0.4 is 4.72 Å². The topological polar surface area (TPSA) is 74.8 Å². The van der Waals surface area contributed by atoms with Crippen LogP contribution in [0.3, 0.4) is 0 Å². The number of nitrogens with one attached hydrogen (secondary N) is 2. The Hall–Kier alpha value is -0.400. The van der Waals surface area contributed by atoms with Crippen molar-refractivity contribution >= 4 is 26.0 Å². The third kappa shape index (κ3) is 4.63. The number of hydrogen-bond donors (Lipinski definition) is 2. The minimum Gasteiger partial charge on any atom is -0.284 e. The summed E-state index contributed by atoms with van der Waals surface area (Å²) in [5, 5.41) is 7.10. The van der Waals surface area contributed by atoms with Gasteiger partial charge in [0, 0.05) is 18.1 Å². The zero-order chi connectivity index (χ0) is 11.9. The zero-order valence-corrected chi connectivity index (χ0v) is 11.3. The molecule has 0 saturated carbocycles. The van der Waals surface area contributed by atoms with Crippen molar-refractivity contribution in [2.45, 2.75) is 30.6 Å². The van der Waals surface area contributed by atoms with Crippen molar-refractivity contribution in [1.29, 1.82) is 0 Å². The summed E-state index contributed by atoms with van der Waals surface area (Å²) >= 11 is 3.35. The Morgan fingerprint density at radius 1 is 1.31 bits per heavy atom. The molecule has 1 aromatic rings. The van der Waals surface area contributed by atoms with Gasteiger partial charge in [0.15, 0.2) is 0 Å². The van der Waals surface area contributed by atoms with Crippen LogP contribution in [-0.4, -0.2) is 30.5 Å². The third-order valence-electron chi connectivity index (χ3n) is 2.14. The van der Waals surface area contributed by atoms with Gasteiger partial charge in [0.2, 0.25) is 10.0 Å². The number of nitrogens with zero attached hydrogens (tertiary/aromatic N) is 1. The smallest absolute Gasteiger partial charge is 0.243 e. The molecule has 0 aliphatic carbocycles. The maximum absolute atomic E-state index is 11.6. The molecular weight excluding hydrogens is 294 g/mol. The first-order valence-corrected chi connectivity index (χ1v) is 7.81. The van der Waals surface area contributed by atoms with Crippen molar-refractivity contribution in [2.75, 3.05) is 11.9 Å². The lowest BCUT2D eigenvalue weighted by atomic mass is 10.2. The first kappa shape index (κ1) is 13.7. The van der Waals surface area contributed by atoms with Crippen molar-refractivity contribution in [1.82, 2.24) is 14.9 Å². The van der Waals surface area contributed by atoms with Crippen LogP contribution in [0.15, 0.2) is 17.3 Å². The molecule has 1 aromatic heterocycles. The summed E-state index contributed by atoms with van der Waals surface area (Å²) in [4.78, 5) is 0.188. The van der Waals surface area contributed by atoms with E-state index in [9.17, 15) is 8.42 Å². The second-order valence-electron chi connectivity index (χ2n) is 3.43. The highest BCUT2D eigenvalue weighted by molar-refractivity contribution is 9.09. The normalized spacial score (nSPS) is 11.8. The molecule has 0 spiro atoms. The Morgan fingerprint density at radius 2 is 2.06 bits per heavy atom. The summed E-state index contributed by atoms with van der Waals surface area (Å²) in [5.41, 5.74) is 0. The van der Waals surface area contributed by atoms with Crippen LogP contribution in [0.4, 0.5) is 0 Å². The fourth-order valence-corrected chi connectivity index (χ4v) is 2.62. The first-order chi connectivity index (χ1) is 7.67. The van der Waals surface area contributed by atoms with E-state index in [1.165, 1.54) is 12.4 Å². The SMILES string of the molecule is O=S(=O)(NCCCCCCBr)c1cn[nH]c1. The van der Waals surface area contributed by atoms with Crippen LogP contribution in [-0.2, 0) is 10.0 Å². The van der Waals surface area contributed by atoms with E-state index < -0.39 is 10.0 Å². The summed E-state index contributed by atoms with van der Waals surface area (Å²) < 4.78 is 25.7. The van der Waals surface area contributed by atoms with Crippen LogP contribution in [0.1, 0.15) is 25.7 Å². The molecule has 16 heavy (non-hydrogen) atoms. The van der Waals surface area contributed by atoms with Crippen LogP contribution in [0, 0.1) is 0 Å². The van der Waals surface area contributed by atoms with Gasteiger partial charge < -0.3 is 0 Å². The van der Waals surface area contributed by atoms with E-state index >= 15 is 0 Å². The lowest BCUT2D eigenvalue weighted by Gasteiger charge is -2.03. The molecule has 0 aliphatic heterocycles. The molecule has 0 aliphatic rings. The van der Waals surface area contributed by atoms with Crippen molar-refractivity contribution in [2.24, 2.45) is 0 Å². The molecule has 0 radical (unpaired) electrons. The van der Waals surface area contributed by atoms with Gasteiger partial charge in [0.05, 0.1) is 6.20 Å². The predicted octanol–water partition coefficient (Wildman–Crippen LogP) is 1.64. The van der Waals surface area contributed by atoms with E-state index in [1.807, 2.05) is 0 Å². The maximum atomic E-state index is 11.6. The van der Waals surface area contributed by atoms with Gasteiger partial charge in [0.1, 0.15) is 4.90 Å². The van der Waals surface area contributed by atoms with E-state index in [0.29, 0.717) is 6.54 Å². The van der Waals surface area contributed by atoms with Gasteiger partial charge in [-0.1, -0.05) is 28.8 Å². The molecule has 0 aromatic carbocycles. The summed E-state index contributed by atoms with van der Waals surface area (Å²) in [6, 6.07) is 0. The lowest BCUT2D eigenvalue weighted by Crippen LogP contribution is -2.24. The maximum Gasteiger partial charge on any atom is 0.243 e. The highest BCUT2D eigenvalue weighted by Crippen LogP contribution is 2.05. The number of hydrogen-bond acceptors (Lipinski definition) is 3. The third-order valence-corrected chi connectivity index (χ3v) is 4.12. The quantitative estimate of drug-likeness (QED) is 0.566. The standard InChI is InChI=1S/C9H16BrN3O2S/c10-5-3-1-2-4-6-13-16(14,15)9-7-11-12-8-9/h7-8,13H,1-6H2,(H,11,12). The number of halogens is 1. The second kappa shape index (κ2) is 7.03. The summed E-state index contributed by atoms with van der Waals surface area (Å²) in [6.45, 7) is 0.482. The fourth-order valence-electron chi connectivity index (χ4n) is 1.25. The van der Waals surface area contributed by atoms with Gasteiger partial charge in [-0.25, -0.2) is 13.1 Å². The van der Waals surface area contributed by atoms with Crippen LogP contribution >= 0.6 is 15.9 Å². The molecule has 0 atom stereocenters. The number of aromatic amines is 1. The first-order valence-electron chi connectivity index (χ1n) is 5.21. The summed E-state index contributed by atoms with van der Waals surface area (Å²) in [6.07, 6.45) is 6.83. The van der Waals surface area contributed by atoms with Gasteiger partial charge in [-0.2, -0.15) is 5.10 Å². The molecule has 92 valence electrons. The molecule has 0 saturated heterocycles. The van der Waals surface area contributed by atoms with E-state index in [1.54, 1.807) is 0 Å². The van der Waals surface area contributed by atoms with Crippen molar-refractivity contribution in [3.63, 3.8) is 0 Å². The minimum atomic E-state index is -3.36. The van der Waals surface area contributed by atoms with E-state index in [-0.39, 0.29) is 4.90 Å². The molecule has 2 N–H and O–H groups in total. The van der Waals surface area contributed by atoms with Crippen molar-refractivity contribution in [3.05, 3.63) is 12.4 Å². The van der Waals surface area contributed by atoms with Crippen LogP contribution in [0.2, 0.25) is 0 Å². The number of aromatic nitrogens is 2. The average Bonchev–Trinajstić information content (AvgIpc) is 2.77. The molecule has 0 fully saturated rings. The number of H-pyrrole nitrogens is 1. The van der Waals surface area contributed by atoms with Crippen molar-refractivity contribution in [3.8, 4) is 0 Å². The molecule has 0 unspecified atom stereocenters. The Bertz CT molecular complexity index is 377. The van der Waals surface area contributed by atoms with Crippen molar-refractivity contribution < 1.29 is 8.42 Å². The number of sulfonamides is 1. The molecule has 1 heterocycles.